The van der Waals surface area contributed by atoms with Crippen molar-refractivity contribution in [3.8, 4) is 23.0 Å². The molecule has 1 N–H and O–H groups in total. The Morgan fingerprint density at radius 2 is 1.59 bits per heavy atom. The lowest BCUT2D eigenvalue weighted by molar-refractivity contribution is -0.139. The van der Waals surface area contributed by atoms with E-state index < -0.39 is 28.5 Å². The van der Waals surface area contributed by atoms with Gasteiger partial charge in [-0.25, -0.2) is 8.42 Å². The molecule has 0 unspecified atom stereocenters. The number of rotatable bonds is 15. The van der Waals surface area contributed by atoms with E-state index in [1.54, 1.807) is 56.5 Å². The van der Waals surface area contributed by atoms with Gasteiger partial charge in [-0.2, -0.15) is 0 Å². The molecular weight excluding hydrogens is 610 g/mol. The Morgan fingerprint density at radius 3 is 2.22 bits per heavy atom. The van der Waals surface area contributed by atoms with E-state index >= 15 is 0 Å². The predicted octanol–water partition coefficient (Wildman–Crippen LogP) is 4.78. The average Bonchev–Trinajstić information content (AvgIpc) is 3.59. The lowest BCUT2D eigenvalue weighted by atomic mass is 10.1. The quantitative estimate of drug-likeness (QED) is 0.249. The first-order valence-corrected chi connectivity index (χ1v) is 16.8. The van der Waals surface area contributed by atoms with Crippen LogP contribution in [0.4, 0.5) is 5.69 Å². The summed E-state index contributed by atoms with van der Waals surface area (Å²) in [5.41, 5.74) is 0.972. The summed E-state index contributed by atoms with van der Waals surface area (Å²) in [5.74, 6) is 0.876. The molecule has 1 aliphatic rings. The SMILES string of the molecule is CCOc1ccc(N(CC(=O)N(Cc2cccc(OC)c2)[C@@H](C)C(=O)NC2CCCC2)S(=O)(=O)c2ccc(OC)c(OC)c2)cc1. The highest BCUT2D eigenvalue weighted by atomic mass is 32.2. The number of hydrogen-bond acceptors (Lipinski definition) is 8. The summed E-state index contributed by atoms with van der Waals surface area (Å²) < 4.78 is 51.2. The molecule has 11 nitrogen and oxygen atoms in total. The van der Waals surface area contributed by atoms with Gasteiger partial charge < -0.3 is 29.2 Å². The number of carbonyl (C=O) groups is 2. The van der Waals surface area contributed by atoms with Gasteiger partial charge in [-0.05, 0) is 80.8 Å². The van der Waals surface area contributed by atoms with Gasteiger partial charge >= 0.3 is 0 Å². The van der Waals surface area contributed by atoms with Crippen LogP contribution in [0.1, 0.15) is 45.1 Å². The second-order valence-electron chi connectivity index (χ2n) is 11.0. The third-order valence-electron chi connectivity index (χ3n) is 8.01. The first-order valence-electron chi connectivity index (χ1n) is 15.3. The molecule has 0 heterocycles. The molecule has 46 heavy (non-hydrogen) atoms. The van der Waals surface area contributed by atoms with Crippen molar-refractivity contribution in [2.24, 2.45) is 0 Å². The molecule has 0 saturated heterocycles. The maximum atomic E-state index is 14.3. The highest BCUT2D eigenvalue weighted by molar-refractivity contribution is 7.92. The summed E-state index contributed by atoms with van der Waals surface area (Å²) in [7, 11) is 0.0938. The van der Waals surface area contributed by atoms with E-state index in [9.17, 15) is 18.0 Å². The lowest BCUT2D eigenvalue weighted by Gasteiger charge is -2.32. The van der Waals surface area contributed by atoms with Gasteiger partial charge in [-0.15, -0.1) is 0 Å². The van der Waals surface area contributed by atoms with Crippen LogP contribution in [-0.2, 0) is 26.2 Å². The predicted molar refractivity (Wildman–Crippen MR) is 175 cm³/mol. The summed E-state index contributed by atoms with van der Waals surface area (Å²) in [6, 6.07) is 17.1. The van der Waals surface area contributed by atoms with Crippen LogP contribution >= 0.6 is 0 Å². The number of benzene rings is 3. The van der Waals surface area contributed by atoms with Crippen LogP contribution in [0, 0.1) is 0 Å². The van der Waals surface area contributed by atoms with Crippen molar-refractivity contribution in [1.29, 1.82) is 0 Å². The molecule has 0 bridgehead atoms. The lowest BCUT2D eigenvalue weighted by Crippen LogP contribution is -2.52. The summed E-state index contributed by atoms with van der Waals surface area (Å²) in [4.78, 5) is 29.0. The molecule has 2 amide bonds. The Kier molecular flexibility index (Phi) is 11.8. The van der Waals surface area contributed by atoms with Crippen LogP contribution in [0.3, 0.4) is 0 Å². The minimum Gasteiger partial charge on any atom is -0.497 e. The van der Waals surface area contributed by atoms with Gasteiger partial charge in [0.2, 0.25) is 11.8 Å². The zero-order chi connectivity index (χ0) is 33.3. The van der Waals surface area contributed by atoms with Gasteiger partial charge in [-0.3, -0.25) is 13.9 Å². The van der Waals surface area contributed by atoms with Gasteiger partial charge in [-0.1, -0.05) is 25.0 Å². The second kappa shape index (κ2) is 15.7. The molecule has 0 radical (unpaired) electrons. The first kappa shape index (κ1) is 34.4. The molecule has 4 rings (SSSR count). The largest absolute Gasteiger partial charge is 0.497 e. The van der Waals surface area contributed by atoms with E-state index in [-0.39, 0.29) is 34.8 Å². The third-order valence-corrected chi connectivity index (χ3v) is 9.78. The second-order valence-corrected chi connectivity index (χ2v) is 12.9. The smallest absolute Gasteiger partial charge is 0.264 e. The van der Waals surface area contributed by atoms with Gasteiger partial charge in [0.15, 0.2) is 11.5 Å². The highest BCUT2D eigenvalue weighted by Crippen LogP contribution is 2.33. The minimum absolute atomic E-state index is 0.0505. The molecule has 1 aliphatic carbocycles. The van der Waals surface area contributed by atoms with Crippen LogP contribution in [0.15, 0.2) is 71.6 Å². The molecular formula is C34H43N3O8S. The Labute approximate surface area is 271 Å². The van der Waals surface area contributed by atoms with E-state index in [1.807, 2.05) is 13.0 Å². The number of amides is 2. The zero-order valence-corrected chi connectivity index (χ0v) is 27.8. The summed E-state index contributed by atoms with van der Waals surface area (Å²) in [6.07, 6.45) is 3.85. The number of nitrogens with one attached hydrogen (secondary N) is 1. The number of nitrogens with zero attached hydrogens (tertiary/aromatic N) is 2. The maximum Gasteiger partial charge on any atom is 0.264 e. The van der Waals surface area contributed by atoms with E-state index in [1.165, 1.54) is 37.3 Å². The Morgan fingerprint density at radius 1 is 0.891 bits per heavy atom. The Balaban J connectivity index is 1.73. The summed E-state index contributed by atoms with van der Waals surface area (Å²) in [5, 5.41) is 3.08. The number of methoxy groups -OCH3 is 3. The van der Waals surface area contributed by atoms with Crippen molar-refractivity contribution in [3.05, 3.63) is 72.3 Å². The van der Waals surface area contributed by atoms with Gasteiger partial charge in [0.1, 0.15) is 24.1 Å². The van der Waals surface area contributed by atoms with Crippen molar-refractivity contribution in [3.63, 3.8) is 0 Å². The van der Waals surface area contributed by atoms with Crippen LogP contribution in [-0.4, -0.2) is 71.7 Å². The standard InChI is InChI=1S/C34H43N3O8S/c1-6-45-28-16-14-27(15-17-28)37(46(40,41)30-18-19-31(43-4)32(21-30)44-5)23-33(38)36(22-25-10-9-13-29(20-25)42-3)24(2)34(39)35-26-11-7-8-12-26/h9-10,13-21,24,26H,6-8,11-12,22-23H2,1-5H3,(H,35,39)/t24-/m0/s1. The molecule has 3 aromatic rings. The van der Waals surface area contributed by atoms with Crippen molar-refractivity contribution in [2.75, 3.05) is 38.8 Å². The van der Waals surface area contributed by atoms with Crippen molar-refractivity contribution >= 4 is 27.5 Å². The fraction of sp³-hybridized carbons (Fsp3) is 0.412. The van der Waals surface area contributed by atoms with Gasteiger partial charge in [0.05, 0.1) is 38.5 Å². The van der Waals surface area contributed by atoms with Crippen LogP contribution in [0.5, 0.6) is 23.0 Å². The highest BCUT2D eigenvalue weighted by Gasteiger charge is 2.34. The molecule has 1 atom stereocenters. The fourth-order valence-corrected chi connectivity index (χ4v) is 6.88. The number of hydrogen-bond donors (Lipinski definition) is 1. The summed E-state index contributed by atoms with van der Waals surface area (Å²) >= 11 is 0. The number of ether oxygens (including phenoxy) is 4. The van der Waals surface area contributed by atoms with Crippen molar-refractivity contribution in [1.82, 2.24) is 10.2 Å². The topological polar surface area (TPSA) is 124 Å². The van der Waals surface area contributed by atoms with Crippen LogP contribution < -0.4 is 28.6 Å². The average molecular weight is 654 g/mol. The van der Waals surface area contributed by atoms with Crippen LogP contribution in [0.2, 0.25) is 0 Å². The van der Waals surface area contributed by atoms with E-state index in [0.717, 1.165) is 35.6 Å². The fourth-order valence-electron chi connectivity index (χ4n) is 5.45. The first-order chi connectivity index (χ1) is 22.1. The van der Waals surface area contributed by atoms with Crippen molar-refractivity contribution < 1.29 is 37.0 Å². The van der Waals surface area contributed by atoms with E-state index in [0.29, 0.717) is 23.9 Å². The molecule has 1 saturated carbocycles. The Bertz CT molecular complexity index is 1590. The molecule has 0 aliphatic heterocycles. The van der Waals surface area contributed by atoms with Crippen molar-refractivity contribution in [2.45, 2.75) is 63.1 Å². The molecule has 248 valence electrons. The Hall–Kier alpha value is -4.45. The zero-order valence-electron chi connectivity index (χ0n) is 27.0. The third kappa shape index (κ3) is 8.22. The monoisotopic (exact) mass is 653 g/mol. The number of carbonyl (C=O) groups excluding carboxylic acids is 2. The minimum atomic E-state index is -4.32. The van der Waals surface area contributed by atoms with Gasteiger partial charge in [0.25, 0.3) is 10.0 Å². The molecule has 12 heteroatoms. The van der Waals surface area contributed by atoms with E-state index in [2.05, 4.69) is 5.32 Å². The molecule has 0 spiro atoms. The number of sulfonamides is 1. The molecule has 0 aromatic heterocycles. The molecule has 3 aromatic carbocycles. The number of anilines is 1. The van der Waals surface area contributed by atoms with Gasteiger partial charge in [0, 0.05) is 18.7 Å². The normalized spacial score (nSPS) is 13.8. The maximum absolute atomic E-state index is 14.3. The summed E-state index contributed by atoms with van der Waals surface area (Å²) in [6.45, 7) is 3.43. The van der Waals surface area contributed by atoms with Crippen LogP contribution in [0.25, 0.3) is 0 Å². The van der Waals surface area contributed by atoms with E-state index in [4.69, 9.17) is 18.9 Å². The molecule has 1 fully saturated rings.